The van der Waals surface area contributed by atoms with Crippen molar-refractivity contribution in [3.63, 3.8) is 0 Å². The first-order valence-electron chi connectivity index (χ1n) is 8.22. The standard InChI is InChI=1S/C18H26N2O3/c1-5-10-22-16-8-6-15(7-9-16)18(21)23-19-17-11-14(3)20(4)12-13(17)2/h6-9,13-14H,5,10-12H2,1-4H3/t13-,14+/m1/s1. The van der Waals surface area contributed by atoms with E-state index in [0.717, 1.165) is 30.8 Å². The van der Waals surface area contributed by atoms with E-state index in [0.29, 0.717) is 24.1 Å². The number of carbonyl (C=O) groups is 1. The number of benzene rings is 1. The lowest BCUT2D eigenvalue weighted by atomic mass is 9.93. The van der Waals surface area contributed by atoms with Crippen LogP contribution in [0.5, 0.6) is 5.75 Å². The Balaban J connectivity index is 1.95. The van der Waals surface area contributed by atoms with Gasteiger partial charge in [0, 0.05) is 24.9 Å². The van der Waals surface area contributed by atoms with E-state index in [1.807, 2.05) is 0 Å². The molecule has 1 aromatic rings. The van der Waals surface area contributed by atoms with Crippen LogP contribution in [0, 0.1) is 5.92 Å². The molecule has 0 saturated carbocycles. The Labute approximate surface area is 138 Å². The molecule has 0 radical (unpaired) electrons. The largest absolute Gasteiger partial charge is 0.494 e. The van der Waals surface area contributed by atoms with Gasteiger partial charge in [0.05, 0.1) is 17.9 Å². The van der Waals surface area contributed by atoms with Crippen molar-refractivity contribution in [2.24, 2.45) is 11.1 Å². The fourth-order valence-electron chi connectivity index (χ4n) is 2.56. The fraction of sp³-hybridized carbons (Fsp3) is 0.556. The number of piperidine rings is 1. The van der Waals surface area contributed by atoms with E-state index in [2.05, 4.69) is 37.9 Å². The number of rotatable bonds is 5. The SMILES string of the molecule is CCCOc1ccc(C(=O)ON=C2C[C@H](C)N(C)C[C@H]2C)cc1. The zero-order valence-electron chi connectivity index (χ0n) is 14.4. The summed E-state index contributed by atoms with van der Waals surface area (Å²) < 4.78 is 5.50. The van der Waals surface area contributed by atoms with Crippen LogP contribution in [0.15, 0.2) is 29.4 Å². The molecule has 5 heteroatoms. The quantitative estimate of drug-likeness (QED) is 0.617. The second kappa shape index (κ2) is 8.11. The summed E-state index contributed by atoms with van der Waals surface area (Å²) >= 11 is 0. The highest BCUT2D eigenvalue weighted by Gasteiger charge is 2.26. The fourth-order valence-corrected chi connectivity index (χ4v) is 2.56. The Morgan fingerprint density at radius 2 is 2.00 bits per heavy atom. The van der Waals surface area contributed by atoms with E-state index >= 15 is 0 Å². The van der Waals surface area contributed by atoms with Gasteiger partial charge in [-0.15, -0.1) is 0 Å². The molecule has 1 heterocycles. The van der Waals surface area contributed by atoms with E-state index in [9.17, 15) is 4.79 Å². The molecule has 0 amide bonds. The maximum absolute atomic E-state index is 12.1. The highest BCUT2D eigenvalue weighted by Crippen LogP contribution is 2.19. The number of ether oxygens (including phenoxy) is 1. The number of hydrogen-bond acceptors (Lipinski definition) is 5. The molecular weight excluding hydrogens is 292 g/mol. The van der Waals surface area contributed by atoms with Crippen LogP contribution in [0.3, 0.4) is 0 Å². The molecule has 0 aromatic heterocycles. The predicted molar refractivity (Wildman–Crippen MR) is 91.0 cm³/mol. The maximum Gasteiger partial charge on any atom is 0.365 e. The van der Waals surface area contributed by atoms with Crippen LogP contribution in [-0.4, -0.2) is 42.8 Å². The minimum atomic E-state index is -0.432. The number of nitrogens with zero attached hydrogens (tertiary/aromatic N) is 2. The number of likely N-dealkylation sites (tertiary alicyclic amines) is 1. The average molecular weight is 318 g/mol. The van der Waals surface area contributed by atoms with Crippen LogP contribution in [0.25, 0.3) is 0 Å². The Morgan fingerprint density at radius 1 is 1.30 bits per heavy atom. The Morgan fingerprint density at radius 3 is 2.65 bits per heavy atom. The molecule has 0 spiro atoms. The second-order valence-corrected chi connectivity index (χ2v) is 6.23. The summed E-state index contributed by atoms with van der Waals surface area (Å²) in [6.45, 7) is 7.91. The Kier molecular flexibility index (Phi) is 6.16. The van der Waals surface area contributed by atoms with Crippen molar-refractivity contribution in [3.05, 3.63) is 29.8 Å². The van der Waals surface area contributed by atoms with Crippen molar-refractivity contribution < 1.29 is 14.4 Å². The molecule has 1 fully saturated rings. The van der Waals surface area contributed by atoms with E-state index in [1.165, 1.54) is 0 Å². The van der Waals surface area contributed by atoms with Gasteiger partial charge in [-0.1, -0.05) is 19.0 Å². The zero-order valence-corrected chi connectivity index (χ0v) is 14.4. The highest BCUT2D eigenvalue weighted by molar-refractivity contribution is 5.92. The molecule has 1 aromatic carbocycles. The van der Waals surface area contributed by atoms with Gasteiger partial charge in [-0.2, -0.15) is 0 Å². The van der Waals surface area contributed by atoms with E-state index in [4.69, 9.17) is 9.57 Å². The molecule has 1 aliphatic heterocycles. The monoisotopic (exact) mass is 318 g/mol. The molecule has 1 aliphatic rings. The minimum Gasteiger partial charge on any atom is -0.494 e. The number of oxime groups is 1. The van der Waals surface area contributed by atoms with Crippen molar-refractivity contribution in [2.45, 2.75) is 39.7 Å². The van der Waals surface area contributed by atoms with Crippen molar-refractivity contribution in [1.29, 1.82) is 0 Å². The molecule has 1 saturated heterocycles. The van der Waals surface area contributed by atoms with Gasteiger partial charge in [0.25, 0.3) is 0 Å². The minimum absolute atomic E-state index is 0.300. The third-order valence-electron chi connectivity index (χ3n) is 4.20. The molecule has 0 bridgehead atoms. The first-order chi connectivity index (χ1) is 11.0. The van der Waals surface area contributed by atoms with Gasteiger partial charge < -0.3 is 14.5 Å². The van der Waals surface area contributed by atoms with Gasteiger partial charge in [-0.25, -0.2) is 4.79 Å². The van der Waals surface area contributed by atoms with Crippen LogP contribution < -0.4 is 4.74 Å². The lowest BCUT2D eigenvalue weighted by Crippen LogP contribution is -2.43. The van der Waals surface area contributed by atoms with Crippen molar-refractivity contribution in [2.75, 3.05) is 20.2 Å². The Bertz CT molecular complexity index is 554. The summed E-state index contributed by atoms with van der Waals surface area (Å²) in [6, 6.07) is 7.38. The van der Waals surface area contributed by atoms with Crippen LogP contribution in [-0.2, 0) is 4.84 Å². The molecular formula is C18H26N2O3. The number of carbonyl (C=O) groups excluding carboxylic acids is 1. The number of hydrogen-bond donors (Lipinski definition) is 0. The van der Waals surface area contributed by atoms with Crippen molar-refractivity contribution in [1.82, 2.24) is 4.90 Å². The molecule has 126 valence electrons. The Hall–Kier alpha value is -1.88. The molecule has 23 heavy (non-hydrogen) atoms. The van der Waals surface area contributed by atoms with Gasteiger partial charge in [0.15, 0.2) is 0 Å². The summed E-state index contributed by atoms with van der Waals surface area (Å²) in [6.07, 6.45) is 1.78. The van der Waals surface area contributed by atoms with Crippen LogP contribution in [0.1, 0.15) is 44.0 Å². The maximum atomic E-state index is 12.1. The lowest BCUT2D eigenvalue weighted by Gasteiger charge is -2.34. The second-order valence-electron chi connectivity index (χ2n) is 6.23. The normalized spacial score (nSPS) is 23.7. The molecule has 0 aliphatic carbocycles. The predicted octanol–water partition coefficient (Wildman–Crippen LogP) is 3.35. The van der Waals surface area contributed by atoms with E-state index in [-0.39, 0.29) is 0 Å². The average Bonchev–Trinajstić information content (AvgIpc) is 2.55. The van der Waals surface area contributed by atoms with Gasteiger partial charge >= 0.3 is 5.97 Å². The molecule has 5 nitrogen and oxygen atoms in total. The first-order valence-corrected chi connectivity index (χ1v) is 8.22. The third kappa shape index (κ3) is 4.79. The molecule has 0 unspecified atom stereocenters. The highest BCUT2D eigenvalue weighted by atomic mass is 16.7. The topological polar surface area (TPSA) is 51.1 Å². The van der Waals surface area contributed by atoms with Crippen LogP contribution in [0.4, 0.5) is 0 Å². The van der Waals surface area contributed by atoms with Crippen LogP contribution in [0.2, 0.25) is 0 Å². The van der Waals surface area contributed by atoms with E-state index < -0.39 is 5.97 Å². The summed E-state index contributed by atoms with van der Waals surface area (Å²) in [5.74, 6) is 0.625. The molecule has 2 rings (SSSR count). The zero-order chi connectivity index (χ0) is 16.8. The first kappa shape index (κ1) is 17.5. The van der Waals surface area contributed by atoms with Crippen LogP contribution >= 0.6 is 0 Å². The third-order valence-corrected chi connectivity index (χ3v) is 4.20. The smallest absolute Gasteiger partial charge is 0.365 e. The van der Waals surface area contributed by atoms with E-state index in [1.54, 1.807) is 24.3 Å². The summed E-state index contributed by atoms with van der Waals surface area (Å²) in [4.78, 5) is 19.5. The van der Waals surface area contributed by atoms with Gasteiger partial charge in [0.2, 0.25) is 0 Å². The van der Waals surface area contributed by atoms with Gasteiger partial charge in [-0.05, 0) is 44.7 Å². The summed E-state index contributed by atoms with van der Waals surface area (Å²) in [5, 5.41) is 4.11. The summed E-state index contributed by atoms with van der Waals surface area (Å²) in [5.41, 5.74) is 1.43. The summed E-state index contributed by atoms with van der Waals surface area (Å²) in [7, 11) is 2.10. The molecule has 0 N–H and O–H groups in total. The van der Waals surface area contributed by atoms with Crippen molar-refractivity contribution >= 4 is 11.7 Å². The van der Waals surface area contributed by atoms with Gasteiger partial charge in [0.1, 0.15) is 5.75 Å². The van der Waals surface area contributed by atoms with Crippen molar-refractivity contribution in [3.8, 4) is 5.75 Å². The molecule has 2 atom stereocenters. The van der Waals surface area contributed by atoms with Gasteiger partial charge in [-0.3, -0.25) is 0 Å². The lowest BCUT2D eigenvalue weighted by molar-refractivity contribution is 0.0508.